The molecule has 0 unspecified atom stereocenters. The molecule has 2 amide bonds. The Hall–Kier alpha value is -4.12. The number of carbonyl (C=O) groups excluding carboxylic acids is 3. The zero-order valence-electron chi connectivity index (χ0n) is 18.4. The predicted octanol–water partition coefficient (Wildman–Crippen LogP) is 3.02. The number of hydrogen-bond acceptors (Lipinski definition) is 8. The first-order chi connectivity index (χ1) is 16.2. The number of rotatable bonds is 9. The van der Waals surface area contributed by atoms with Crippen LogP contribution in [-0.4, -0.2) is 39.9 Å². The number of anilines is 2. The van der Waals surface area contributed by atoms with Gasteiger partial charge in [0, 0.05) is 18.2 Å². The molecule has 0 bridgehead atoms. The van der Waals surface area contributed by atoms with Crippen LogP contribution < -0.4 is 15.4 Å². The Labute approximate surface area is 195 Å². The summed E-state index contributed by atoms with van der Waals surface area (Å²) in [6, 6.07) is 13.8. The third-order valence-corrected chi connectivity index (χ3v) is 6.19. The molecule has 2 aromatic carbocycles. The van der Waals surface area contributed by atoms with E-state index in [0.29, 0.717) is 11.4 Å². The lowest BCUT2D eigenvalue weighted by molar-refractivity contribution is -0.119. The van der Waals surface area contributed by atoms with Crippen molar-refractivity contribution in [2.24, 2.45) is 0 Å². The van der Waals surface area contributed by atoms with Gasteiger partial charge in [-0.2, -0.15) is 0 Å². The van der Waals surface area contributed by atoms with E-state index >= 15 is 0 Å². The summed E-state index contributed by atoms with van der Waals surface area (Å²) in [6.07, 6.45) is 1.17. The average Bonchev–Trinajstić information content (AvgIpc) is 3.25. The molecule has 178 valence electrons. The number of amides is 2. The highest BCUT2D eigenvalue weighted by atomic mass is 32.2. The van der Waals surface area contributed by atoms with Crippen LogP contribution in [0.15, 0.2) is 70.2 Å². The summed E-state index contributed by atoms with van der Waals surface area (Å²) in [5, 5.41) is 5.11. The second kappa shape index (κ2) is 10.7. The minimum absolute atomic E-state index is 0.102. The van der Waals surface area contributed by atoms with Crippen LogP contribution in [0.1, 0.15) is 23.0 Å². The van der Waals surface area contributed by atoms with Crippen molar-refractivity contribution in [3.63, 3.8) is 0 Å². The van der Waals surface area contributed by atoms with Crippen molar-refractivity contribution in [1.82, 2.24) is 0 Å². The fourth-order valence-electron chi connectivity index (χ4n) is 3.01. The molecule has 2 N–H and O–H groups in total. The van der Waals surface area contributed by atoms with Gasteiger partial charge in [-0.05, 0) is 36.4 Å². The Morgan fingerprint density at radius 3 is 2.41 bits per heavy atom. The highest BCUT2D eigenvalue weighted by Crippen LogP contribution is 2.28. The molecule has 3 rings (SSSR count). The van der Waals surface area contributed by atoms with Crippen LogP contribution >= 0.6 is 0 Å². The largest absolute Gasteiger partial charge is 0.495 e. The highest BCUT2D eigenvalue weighted by Gasteiger charge is 2.24. The molecule has 0 spiro atoms. The summed E-state index contributed by atoms with van der Waals surface area (Å²) < 4.78 is 40.5. The number of furan rings is 1. The molecule has 0 aliphatic carbocycles. The van der Waals surface area contributed by atoms with Gasteiger partial charge in [0.25, 0.3) is 5.91 Å². The maximum absolute atomic E-state index is 12.6. The topological polar surface area (TPSA) is 141 Å². The number of methoxy groups -OCH3 is 1. The minimum Gasteiger partial charge on any atom is -0.495 e. The molecule has 34 heavy (non-hydrogen) atoms. The summed E-state index contributed by atoms with van der Waals surface area (Å²) in [5.74, 6) is -2.42. The van der Waals surface area contributed by atoms with E-state index in [0.717, 1.165) is 0 Å². The first kappa shape index (κ1) is 24.5. The van der Waals surface area contributed by atoms with Crippen LogP contribution in [-0.2, 0) is 29.9 Å². The number of benzene rings is 2. The van der Waals surface area contributed by atoms with Crippen LogP contribution in [0.5, 0.6) is 5.75 Å². The molecular formula is C23H22N2O8S. The predicted molar refractivity (Wildman–Crippen MR) is 122 cm³/mol. The lowest BCUT2D eigenvalue weighted by Crippen LogP contribution is -2.22. The quantitative estimate of drug-likeness (QED) is 0.440. The van der Waals surface area contributed by atoms with E-state index in [1.807, 2.05) is 0 Å². The summed E-state index contributed by atoms with van der Waals surface area (Å²) >= 11 is 0. The van der Waals surface area contributed by atoms with Gasteiger partial charge in [-0.3, -0.25) is 9.59 Å². The third-order valence-electron chi connectivity index (χ3n) is 4.51. The summed E-state index contributed by atoms with van der Waals surface area (Å²) in [7, 11) is -2.31. The number of nitrogens with one attached hydrogen (secondary N) is 2. The zero-order valence-corrected chi connectivity index (χ0v) is 19.2. The molecule has 10 nitrogen and oxygen atoms in total. The van der Waals surface area contributed by atoms with Crippen molar-refractivity contribution in [3.8, 4) is 5.75 Å². The van der Waals surface area contributed by atoms with Gasteiger partial charge in [-0.1, -0.05) is 18.2 Å². The molecule has 0 atom stereocenters. The molecular weight excluding hydrogens is 464 g/mol. The van der Waals surface area contributed by atoms with Gasteiger partial charge in [0.2, 0.25) is 11.7 Å². The van der Waals surface area contributed by atoms with Crippen LogP contribution in [0, 0.1) is 0 Å². The Bertz CT molecular complexity index is 1300. The molecule has 1 aromatic heterocycles. The number of hydrogen-bond donors (Lipinski definition) is 2. The number of sulfone groups is 1. The van der Waals surface area contributed by atoms with Crippen LogP contribution in [0.25, 0.3) is 0 Å². The Morgan fingerprint density at radius 1 is 1.00 bits per heavy atom. The molecule has 1 heterocycles. The molecule has 0 aliphatic rings. The van der Waals surface area contributed by atoms with Crippen molar-refractivity contribution in [1.29, 1.82) is 0 Å². The van der Waals surface area contributed by atoms with E-state index < -0.39 is 34.1 Å². The van der Waals surface area contributed by atoms with Gasteiger partial charge in [0.1, 0.15) is 5.75 Å². The lowest BCUT2D eigenvalue weighted by Gasteiger charge is -2.12. The number of esters is 1. The maximum Gasteiger partial charge on any atom is 0.375 e. The maximum atomic E-state index is 12.6. The normalized spacial score (nSPS) is 10.9. The van der Waals surface area contributed by atoms with E-state index in [-0.39, 0.29) is 27.8 Å². The first-order valence-corrected chi connectivity index (χ1v) is 11.6. The molecule has 3 aromatic rings. The molecule has 0 saturated heterocycles. The van der Waals surface area contributed by atoms with E-state index in [1.54, 1.807) is 30.3 Å². The van der Waals surface area contributed by atoms with E-state index in [9.17, 15) is 22.8 Å². The number of carbonyl (C=O) groups is 3. The van der Waals surface area contributed by atoms with Gasteiger partial charge < -0.3 is 24.5 Å². The minimum atomic E-state index is -3.72. The van der Waals surface area contributed by atoms with Gasteiger partial charge >= 0.3 is 5.97 Å². The van der Waals surface area contributed by atoms with Crippen molar-refractivity contribution >= 4 is 39.0 Å². The Balaban J connectivity index is 1.64. The lowest BCUT2D eigenvalue weighted by atomic mass is 10.2. The third kappa shape index (κ3) is 6.23. The van der Waals surface area contributed by atoms with Gasteiger partial charge in [-0.25, -0.2) is 13.2 Å². The summed E-state index contributed by atoms with van der Waals surface area (Å²) in [5.41, 5.74) is 0.793. The highest BCUT2D eigenvalue weighted by molar-refractivity contribution is 7.90. The van der Waals surface area contributed by atoms with Gasteiger partial charge in [0.05, 0.1) is 29.7 Å². The molecule has 0 radical (unpaired) electrons. The average molecular weight is 487 g/mol. The smallest absolute Gasteiger partial charge is 0.375 e. The summed E-state index contributed by atoms with van der Waals surface area (Å²) in [4.78, 5) is 36.1. The second-order valence-corrected chi connectivity index (χ2v) is 9.06. The van der Waals surface area contributed by atoms with Crippen molar-refractivity contribution in [3.05, 3.63) is 72.2 Å². The number of ether oxygens (including phenoxy) is 2. The van der Waals surface area contributed by atoms with Crippen LogP contribution in [0.3, 0.4) is 0 Å². The monoisotopic (exact) mass is 486 g/mol. The Morgan fingerprint density at radius 2 is 1.74 bits per heavy atom. The molecule has 0 fully saturated rings. The fourth-order valence-corrected chi connectivity index (χ4v) is 4.39. The van der Waals surface area contributed by atoms with Crippen LogP contribution in [0.4, 0.5) is 11.4 Å². The van der Waals surface area contributed by atoms with E-state index in [1.165, 1.54) is 44.6 Å². The first-order valence-electron chi connectivity index (χ1n) is 9.96. The molecule has 0 aliphatic heterocycles. The SMILES string of the molecule is COc1ccc(NC(C)=O)cc1NC(=O)COC(=O)c1occc1CS(=O)(=O)c1ccccc1. The Kier molecular flexibility index (Phi) is 7.69. The van der Waals surface area contributed by atoms with Crippen molar-refractivity contribution in [2.75, 3.05) is 24.4 Å². The molecule has 11 heteroatoms. The van der Waals surface area contributed by atoms with Gasteiger partial charge in [-0.15, -0.1) is 0 Å². The van der Waals surface area contributed by atoms with Crippen molar-refractivity contribution < 1.29 is 36.7 Å². The summed E-state index contributed by atoms with van der Waals surface area (Å²) in [6.45, 7) is 0.674. The second-order valence-electron chi connectivity index (χ2n) is 7.07. The van der Waals surface area contributed by atoms with Crippen molar-refractivity contribution in [2.45, 2.75) is 17.6 Å². The van der Waals surface area contributed by atoms with Gasteiger partial charge in [0.15, 0.2) is 16.4 Å². The standard InChI is InChI=1S/C23H22N2O8S/c1-15(26)24-17-8-9-20(31-2)19(12-17)25-21(27)13-33-23(28)22-16(10-11-32-22)14-34(29,30)18-6-4-3-5-7-18/h3-12H,13-14H2,1-2H3,(H,24,26)(H,25,27). The zero-order chi connectivity index (χ0) is 24.7. The molecule has 0 saturated carbocycles. The fraction of sp³-hybridized carbons (Fsp3) is 0.174. The van der Waals surface area contributed by atoms with E-state index in [2.05, 4.69) is 10.6 Å². The van der Waals surface area contributed by atoms with Crippen LogP contribution in [0.2, 0.25) is 0 Å². The van der Waals surface area contributed by atoms with E-state index in [4.69, 9.17) is 13.9 Å².